The lowest BCUT2D eigenvalue weighted by molar-refractivity contribution is -0.145. The first-order valence-corrected chi connectivity index (χ1v) is 5.93. The Labute approximate surface area is 112 Å². The van der Waals surface area contributed by atoms with E-state index in [2.05, 4.69) is 9.84 Å². The molecule has 0 radical (unpaired) electrons. The molecule has 6 heteroatoms. The van der Waals surface area contributed by atoms with Crippen LogP contribution in [0.15, 0.2) is 18.5 Å². The molecule has 0 aliphatic heterocycles. The van der Waals surface area contributed by atoms with Crippen LogP contribution in [0.4, 0.5) is 0 Å². The quantitative estimate of drug-likeness (QED) is 0.580. The highest BCUT2D eigenvalue weighted by atomic mass is 16.5. The van der Waals surface area contributed by atoms with Gasteiger partial charge in [-0.1, -0.05) is 6.92 Å². The molecule has 0 spiro atoms. The van der Waals surface area contributed by atoms with Crippen LogP contribution in [0.1, 0.15) is 12.5 Å². The lowest BCUT2D eigenvalue weighted by Crippen LogP contribution is -2.33. The number of likely N-dealkylation sites (N-methyl/N-ethyl adjacent to an activating group) is 1. The second kappa shape index (κ2) is 6.72. The third kappa shape index (κ3) is 4.57. The molecule has 1 rings (SSSR count). The number of rotatable bonds is 5. The van der Waals surface area contributed by atoms with E-state index in [0.29, 0.717) is 6.54 Å². The highest BCUT2D eigenvalue weighted by molar-refractivity contribution is 5.91. The second-order valence-electron chi connectivity index (χ2n) is 4.42. The Kier molecular flexibility index (Phi) is 5.29. The number of carbonyl (C=O) groups is 2. The summed E-state index contributed by atoms with van der Waals surface area (Å²) in [6.45, 7) is 2.04. The molecule has 0 aliphatic rings. The maximum atomic E-state index is 11.8. The topological polar surface area (TPSA) is 64.4 Å². The molecule has 0 N–H and O–H groups in total. The Morgan fingerprint density at radius 1 is 1.58 bits per heavy atom. The Balaban J connectivity index is 2.53. The van der Waals surface area contributed by atoms with Gasteiger partial charge in [-0.15, -0.1) is 0 Å². The van der Waals surface area contributed by atoms with Crippen molar-refractivity contribution in [1.29, 1.82) is 0 Å². The summed E-state index contributed by atoms with van der Waals surface area (Å²) < 4.78 is 6.28. The molecule has 0 fully saturated rings. The van der Waals surface area contributed by atoms with Gasteiger partial charge in [0.1, 0.15) is 0 Å². The van der Waals surface area contributed by atoms with Gasteiger partial charge in [-0.25, -0.2) is 0 Å². The van der Waals surface area contributed by atoms with Crippen molar-refractivity contribution in [2.45, 2.75) is 6.92 Å². The molecule has 1 atom stereocenters. The van der Waals surface area contributed by atoms with Crippen LogP contribution in [0.25, 0.3) is 6.08 Å². The normalized spacial score (nSPS) is 12.4. The predicted molar refractivity (Wildman–Crippen MR) is 71.1 cm³/mol. The summed E-state index contributed by atoms with van der Waals surface area (Å²) in [7, 11) is 4.79. The number of methoxy groups -OCH3 is 1. The number of aromatic nitrogens is 2. The fraction of sp³-hybridized carbons (Fsp3) is 0.462. The summed E-state index contributed by atoms with van der Waals surface area (Å²) in [6, 6.07) is 0. The SMILES string of the molecule is COC(=O)C(C)CN(C)C(=O)/C=C/c1cnn(C)c1. The number of ether oxygens (including phenoxy) is 1. The van der Waals surface area contributed by atoms with E-state index in [-0.39, 0.29) is 17.8 Å². The van der Waals surface area contributed by atoms with Crippen molar-refractivity contribution in [3.8, 4) is 0 Å². The van der Waals surface area contributed by atoms with Crippen molar-refractivity contribution in [3.05, 3.63) is 24.0 Å². The van der Waals surface area contributed by atoms with Crippen LogP contribution >= 0.6 is 0 Å². The molecule has 0 saturated carbocycles. The number of aryl methyl sites for hydroxylation is 1. The van der Waals surface area contributed by atoms with Gasteiger partial charge in [0.2, 0.25) is 5.91 Å². The number of esters is 1. The third-order valence-corrected chi connectivity index (χ3v) is 2.67. The average molecular weight is 265 g/mol. The lowest BCUT2D eigenvalue weighted by atomic mass is 10.1. The Morgan fingerprint density at radius 2 is 2.26 bits per heavy atom. The van der Waals surface area contributed by atoms with E-state index >= 15 is 0 Å². The van der Waals surface area contributed by atoms with E-state index in [4.69, 9.17) is 0 Å². The molecule has 19 heavy (non-hydrogen) atoms. The minimum atomic E-state index is -0.342. The van der Waals surface area contributed by atoms with Gasteiger partial charge in [0.05, 0.1) is 19.2 Å². The van der Waals surface area contributed by atoms with Crippen LogP contribution in [-0.4, -0.2) is 47.3 Å². The summed E-state index contributed by atoms with van der Waals surface area (Å²) in [5, 5.41) is 4.00. The molecule has 1 aromatic heterocycles. The molecule has 0 aromatic carbocycles. The van der Waals surface area contributed by atoms with E-state index in [0.717, 1.165) is 5.56 Å². The number of hydrogen-bond donors (Lipinski definition) is 0. The van der Waals surface area contributed by atoms with E-state index in [1.807, 2.05) is 7.05 Å². The molecule has 1 unspecified atom stereocenters. The van der Waals surface area contributed by atoms with Gasteiger partial charge in [0.15, 0.2) is 0 Å². The van der Waals surface area contributed by atoms with Gasteiger partial charge < -0.3 is 9.64 Å². The van der Waals surface area contributed by atoms with Crippen molar-refractivity contribution in [2.75, 3.05) is 20.7 Å². The molecule has 1 aromatic rings. The highest BCUT2D eigenvalue weighted by Gasteiger charge is 2.17. The van der Waals surface area contributed by atoms with Gasteiger partial charge in [0.25, 0.3) is 0 Å². The van der Waals surface area contributed by atoms with Crippen molar-refractivity contribution < 1.29 is 14.3 Å². The molecule has 1 amide bonds. The van der Waals surface area contributed by atoms with Crippen molar-refractivity contribution >= 4 is 18.0 Å². The summed E-state index contributed by atoms with van der Waals surface area (Å²) in [5.74, 6) is -0.832. The monoisotopic (exact) mass is 265 g/mol. The zero-order valence-electron chi connectivity index (χ0n) is 11.7. The van der Waals surface area contributed by atoms with Gasteiger partial charge >= 0.3 is 5.97 Å². The Bertz CT molecular complexity index is 479. The molecule has 0 saturated heterocycles. The van der Waals surface area contributed by atoms with Crippen LogP contribution in [0.3, 0.4) is 0 Å². The summed E-state index contributed by atoms with van der Waals surface area (Å²) in [5.41, 5.74) is 0.852. The fourth-order valence-corrected chi connectivity index (χ4v) is 1.60. The first-order valence-electron chi connectivity index (χ1n) is 5.93. The maximum absolute atomic E-state index is 11.8. The van der Waals surface area contributed by atoms with Gasteiger partial charge in [-0.05, 0) is 6.08 Å². The first-order chi connectivity index (χ1) is 8.93. The molecule has 1 heterocycles. The smallest absolute Gasteiger partial charge is 0.310 e. The zero-order valence-corrected chi connectivity index (χ0v) is 11.7. The van der Waals surface area contributed by atoms with E-state index in [9.17, 15) is 9.59 Å². The molecular formula is C13H19N3O3. The molecule has 0 bridgehead atoms. The number of hydrogen-bond acceptors (Lipinski definition) is 4. The molecular weight excluding hydrogens is 246 g/mol. The van der Waals surface area contributed by atoms with E-state index in [1.54, 1.807) is 37.1 Å². The van der Waals surface area contributed by atoms with Crippen molar-refractivity contribution in [1.82, 2.24) is 14.7 Å². The van der Waals surface area contributed by atoms with Crippen LogP contribution in [0.2, 0.25) is 0 Å². The average Bonchev–Trinajstić information content (AvgIpc) is 2.80. The largest absolute Gasteiger partial charge is 0.469 e. The van der Waals surface area contributed by atoms with Crippen molar-refractivity contribution in [2.24, 2.45) is 13.0 Å². The highest BCUT2D eigenvalue weighted by Crippen LogP contribution is 2.03. The molecule has 104 valence electrons. The number of nitrogens with zero attached hydrogens (tertiary/aromatic N) is 3. The zero-order chi connectivity index (χ0) is 14.4. The van der Waals surface area contributed by atoms with Crippen LogP contribution in [-0.2, 0) is 21.4 Å². The maximum Gasteiger partial charge on any atom is 0.310 e. The first kappa shape index (κ1) is 14.9. The number of amides is 1. The molecule has 0 aliphatic carbocycles. The standard InChI is InChI=1S/C13H19N3O3/c1-10(13(18)19-4)8-15(2)12(17)6-5-11-7-14-16(3)9-11/h5-7,9-10H,8H2,1-4H3/b6-5+. The molecule has 6 nitrogen and oxygen atoms in total. The summed E-state index contributed by atoms with van der Waals surface area (Å²) >= 11 is 0. The fourth-order valence-electron chi connectivity index (χ4n) is 1.60. The van der Waals surface area contributed by atoms with Gasteiger partial charge in [-0.2, -0.15) is 5.10 Å². The predicted octanol–water partition coefficient (Wildman–Crippen LogP) is 0.701. The van der Waals surface area contributed by atoms with E-state index in [1.165, 1.54) is 18.1 Å². The minimum absolute atomic E-state index is 0.167. The van der Waals surface area contributed by atoms with Crippen LogP contribution < -0.4 is 0 Å². The lowest BCUT2D eigenvalue weighted by Gasteiger charge is -2.18. The number of carbonyl (C=O) groups excluding carboxylic acids is 2. The van der Waals surface area contributed by atoms with Gasteiger partial charge in [0, 0.05) is 38.5 Å². The second-order valence-corrected chi connectivity index (χ2v) is 4.42. The van der Waals surface area contributed by atoms with Crippen LogP contribution in [0.5, 0.6) is 0 Å². The van der Waals surface area contributed by atoms with Gasteiger partial charge in [-0.3, -0.25) is 14.3 Å². The van der Waals surface area contributed by atoms with E-state index < -0.39 is 0 Å². The minimum Gasteiger partial charge on any atom is -0.469 e. The Morgan fingerprint density at radius 3 is 2.79 bits per heavy atom. The van der Waals surface area contributed by atoms with Crippen molar-refractivity contribution in [3.63, 3.8) is 0 Å². The third-order valence-electron chi connectivity index (χ3n) is 2.67. The Hall–Kier alpha value is -2.11. The van der Waals surface area contributed by atoms with Crippen LogP contribution in [0, 0.1) is 5.92 Å². The summed E-state index contributed by atoms with van der Waals surface area (Å²) in [4.78, 5) is 24.6. The summed E-state index contributed by atoms with van der Waals surface area (Å²) in [6.07, 6.45) is 6.62.